The van der Waals surface area contributed by atoms with E-state index < -0.39 is 0 Å². The smallest absolute Gasteiger partial charge is 2.00 e. The maximum absolute atomic E-state index is 10.2. The van der Waals surface area contributed by atoms with Gasteiger partial charge in [-0.15, -0.1) is 0 Å². The molecule has 96 valence electrons. The molecule has 0 aliphatic heterocycles. The molecule has 0 fully saturated rings. The Balaban J connectivity index is -0.0000000480. The first-order chi connectivity index (χ1) is 6.62. The molecule has 0 atom stereocenters. The Morgan fingerprint density at radius 1 is 0.824 bits per heavy atom. The predicted octanol–water partition coefficient (Wildman–Crippen LogP) is 0.265. The number of carbonyl (C=O) groups is 2. The van der Waals surface area contributed by atoms with Crippen LogP contribution in [0.15, 0.2) is 0 Å². The largest absolute Gasteiger partial charge is 2.00 e. The molecular formula is C8H14O4S3Sn2. The zero-order valence-electron chi connectivity index (χ0n) is 9.69. The number of hydrogen-bond acceptors (Lipinski definition) is 4. The monoisotopic (exact) mass is 510 g/mol. The van der Waals surface area contributed by atoms with Crippen LogP contribution in [0.25, 0.3) is 0 Å². The molecule has 0 aliphatic carbocycles. The van der Waals surface area contributed by atoms with Crippen molar-refractivity contribution in [1.29, 1.82) is 0 Å². The fourth-order valence-corrected chi connectivity index (χ4v) is 1.57. The van der Waals surface area contributed by atoms with Crippen LogP contribution in [0.5, 0.6) is 0 Å². The fraction of sp³-hybridized carbons (Fsp3) is 0.750. The molecule has 0 aromatic rings. The van der Waals surface area contributed by atoms with Gasteiger partial charge in [0.25, 0.3) is 0 Å². The number of methoxy groups -OCH3 is 2. The molecule has 0 rings (SSSR count). The first-order valence-electron chi connectivity index (χ1n) is 4.05. The minimum Gasteiger partial charge on any atom is -2.00 e. The van der Waals surface area contributed by atoms with E-state index in [-0.39, 0.29) is 52.4 Å². The van der Waals surface area contributed by atoms with Gasteiger partial charge in [0.15, 0.2) is 0 Å². The molecule has 0 bridgehead atoms. The van der Waals surface area contributed by atoms with Gasteiger partial charge in [-0.2, -0.15) is 0 Å². The van der Waals surface area contributed by atoms with Crippen LogP contribution in [-0.4, -0.2) is 71.2 Å². The van der Waals surface area contributed by atoms with Crippen molar-refractivity contribution in [2.24, 2.45) is 0 Å². The van der Waals surface area contributed by atoms with Crippen molar-refractivity contribution in [1.82, 2.24) is 0 Å². The fourth-order valence-electron chi connectivity index (χ4n) is 0.408. The minimum absolute atomic E-state index is 0. The normalized spacial score (nSPS) is 6.94. The Labute approximate surface area is 151 Å². The number of esters is 2. The van der Waals surface area contributed by atoms with Gasteiger partial charge in [-0.25, -0.2) is 0 Å². The molecule has 0 spiro atoms. The molecule has 0 heterocycles. The van der Waals surface area contributed by atoms with Gasteiger partial charge in [-0.05, 0) is 0 Å². The van der Waals surface area contributed by atoms with E-state index >= 15 is 0 Å². The SMILES string of the molecule is COC(=O)C[CH2][Sn+3].COC(=O)C[CH2][Sn+3].[S-2].[S-2].[S-2]. The van der Waals surface area contributed by atoms with Crippen LogP contribution >= 0.6 is 0 Å². The van der Waals surface area contributed by atoms with Crippen LogP contribution in [0.2, 0.25) is 8.87 Å². The Morgan fingerprint density at radius 3 is 1.12 bits per heavy atom. The van der Waals surface area contributed by atoms with E-state index in [1.165, 1.54) is 59.3 Å². The molecule has 4 nitrogen and oxygen atoms in total. The number of hydrogen-bond donors (Lipinski definition) is 0. The Bertz CT molecular complexity index is 155. The van der Waals surface area contributed by atoms with Crippen molar-refractivity contribution in [2.45, 2.75) is 21.7 Å². The van der Waals surface area contributed by atoms with E-state index in [2.05, 4.69) is 9.47 Å². The predicted molar refractivity (Wildman–Crippen MR) is 76.5 cm³/mol. The molecule has 0 N–H and O–H groups in total. The molecule has 0 saturated heterocycles. The summed E-state index contributed by atoms with van der Waals surface area (Å²) in [7, 11) is 2.82. The molecular weight excluding hydrogens is 494 g/mol. The molecule has 0 amide bonds. The quantitative estimate of drug-likeness (QED) is 0.405. The van der Waals surface area contributed by atoms with Crippen molar-refractivity contribution in [3.63, 3.8) is 0 Å². The van der Waals surface area contributed by atoms with Crippen molar-refractivity contribution in [3.05, 3.63) is 0 Å². The Kier molecular flexibility index (Phi) is 48.0. The Morgan fingerprint density at radius 2 is 1.06 bits per heavy atom. The number of rotatable bonds is 4. The van der Waals surface area contributed by atoms with E-state index in [9.17, 15) is 9.59 Å². The molecule has 0 aliphatic rings. The van der Waals surface area contributed by atoms with Crippen LogP contribution in [-0.2, 0) is 59.5 Å². The van der Waals surface area contributed by atoms with E-state index in [0.717, 1.165) is 8.87 Å². The van der Waals surface area contributed by atoms with Crippen molar-refractivity contribution in [3.8, 4) is 0 Å². The molecule has 0 aromatic heterocycles. The summed E-state index contributed by atoms with van der Waals surface area (Å²) >= 11 is 2.78. The summed E-state index contributed by atoms with van der Waals surface area (Å²) in [5.74, 6) is -0.200. The summed E-state index contributed by atoms with van der Waals surface area (Å²) in [6.07, 6.45) is 1.16. The van der Waals surface area contributed by atoms with E-state index in [1.807, 2.05) is 0 Å². The van der Waals surface area contributed by atoms with E-state index in [0.29, 0.717) is 12.8 Å². The average molecular weight is 508 g/mol. The van der Waals surface area contributed by atoms with E-state index in [4.69, 9.17) is 0 Å². The van der Waals surface area contributed by atoms with Crippen LogP contribution in [0.1, 0.15) is 12.8 Å². The van der Waals surface area contributed by atoms with Gasteiger partial charge in [0, 0.05) is 0 Å². The van der Waals surface area contributed by atoms with Gasteiger partial charge in [0.1, 0.15) is 0 Å². The summed E-state index contributed by atoms with van der Waals surface area (Å²) in [4.78, 5) is 20.4. The van der Waals surface area contributed by atoms with Gasteiger partial charge in [-0.1, -0.05) is 0 Å². The standard InChI is InChI=1S/2C4H7O2.3S.2Sn/c2*1-3-4(5)6-2;;;;;/h2*1,3H2,2H3;;;;;/q;;3*-2;2*+3. The van der Waals surface area contributed by atoms with Crippen LogP contribution in [0.4, 0.5) is 0 Å². The van der Waals surface area contributed by atoms with Gasteiger partial charge in [0.05, 0.1) is 0 Å². The second-order valence-corrected chi connectivity index (χ2v) is 5.01. The first-order valence-corrected chi connectivity index (χ1v) is 8.08. The third-order valence-electron chi connectivity index (χ3n) is 1.11. The van der Waals surface area contributed by atoms with Gasteiger partial charge in [-0.3, -0.25) is 0 Å². The summed E-state index contributed by atoms with van der Waals surface area (Å²) < 4.78 is 10.6. The summed E-state index contributed by atoms with van der Waals surface area (Å²) in [6.45, 7) is 0. The first kappa shape index (κ1) is 31.1. The van der Waals surface area contributed by atoms with Crippen molar-refractivity contribution >= 4 is 97.5 Å². The van der Waals surface area contributed by atoms with E-state index in [1.54, 1.807) is 0 Å². The van der Waals surface area contributed by atoms with Gasteiger partial charge in [0.2, 0.25) is 0 Å². The van der Waals surface area contributed by atoms with Crippen LogP contribution in [0, 0.1) is 0 Å². The molecule has 0 radical (unpaired) electrons. The summed E-state index contributed by atoms with van der Waals surface area (Å²) in [6, 6.07) is 0. The van der Waals surface area contributed by atoms with Gasteiger partial charge < -0.3 is 40.5 Å². The van der Waals surface area contributed by atoms with Crippen LogP contribution < -0.4 is 0 Å². The molecule has 0 unspecified atom stereocenters. The topological polar surface area (TPSA) is 52.6 Å². The molecule has 17 heavy (non-hydrogen) atoms. The third-order valence-corrected chi connectivity index (χ3v) is 2.54. The van der Waals surface area contributed by atoms with Crippen molar-refractivity contribution in [2.75, 3.05) is 14.2 Å². The average Bonchev–Trinajstić information content (AvgIpc) is 2.19. The second-order valence-electron chi connectivity index (χ2n) is 2.15. The zero-order valence-corrected chi connectivity index (χ0v) is 17.8. The maximum Gasteiger partial charge on any atom is -2.00 e. The maximum atomic E-state index is 10.2. The molecule has 9 heteroatoms. The summed E-state index contributed by atoms with van der Waals surface area (Å²) in [5.41, 5.74) is 0. The number of ether oxygens (including phenoxy) is 2. The molecule has 0 aromatic carbocycles. The minimum atomic E-state index is -0.100. The zero-order chi connectivity index (χ0) is 11.4. The van der Waals surface area contributed by atoms with Crippen molar-refractivity contribution < 1.29 is 19.1 Å². The third kappa shape index (κ3) is 31.8. The Hall–Kier alpha value is 1.59. The van der Waals surface area contributed by atoms with Gasteiger partial charge >= 0.3 is 112 Å². The molecule has 0 saturated carbocycles. The van der Waals surface area contributed by atoms with Crippen LogP contribution in [0.3, 0.4) is 0 Å². The second kappa shape index (κ2) is 26.2. The number of carbonyl (C=O) groups excluding carboxylic acids is 2. The summed E-state index contributed by atoms with van der Waals surface area (Å²) in [5, 5.41) is 0.